The number of nitro benzene ring substituents is 1. The second-order valence-corrected chi connectivity index (χ2v) is 8.42. The van der Waals surface area contributed by atoms with Crippen molar-refractivity contribution in [3.8, 4) is 5.75 Å². The molecule has 0 aliphatic rings. The van der Waals surface area contributed by atoms with Gasteiger partial charge >= 0.3 is 0 Å². The van der Waals surface area contributed by atoms with E-state index in [0.717, 1.165) is 16.9 Å². The van der Waals surface area contributed by atoms with Gasteiger partial charge in [0.05, 0.1) is 25.1 Å². The predicted octanol–water partition coefficient (Wildman–Crippen LogP) is 3.10. The number of non-ortho nitro benzene ring substituents is 1. The SMILES string of the molecule is COc1ccc(CN=C(NCc2ccc([N+](=O)[O-])cc2)N(C)CC(=O)NC(C)(C)C)cc1. The molecule has 0 aromatic heterocycles. The van der Waals surface area contributed by atoms with Crippen molar-refractivity contribution in [1.82, 2.24) is 15.5 Å². The number of nitrogens with one attached hydrogen (secondary N) is 2. The van der Waals surface area contributed by atoms with E-state index in [4.69, 9.17) is 4.74 Å². The highest BCUT2D eigenvalue weighted by Gasteiger charge is 2.17. The average Bonchev–Trinajstić information content (AvgIpc) is 2.73. The van der Waals surface area contributed by atoms with Crippen molar-refractivity contribution in [2.45, 2.75) is 39.4 Å². The number of carbonyl (C=O) groups is 1. The van der Waals surface area contributed by atoms with E-state index >= 15 is 0 Å². The third-order valence-electron chi connectivity index (χ3n) is 4.43. The summed E-state index contributed by atoms with van der Waals surface area (Å²) < 4.78 is 5.18. The number of hydrogen-bond acceptors (Lipinski definition) is 5. The van der Waals surface area contributed by atoms with E-state index in [2.05, 4.69) is 15.6 Å². The maximum Gasteiger partial charge on any atom is 0.269 e. The zero-order valence-corrected chi connectivity index (χ0v) is 19.2. The van der Waals surface area contributed by atoms with Crippen LogP contribution in [0.5, 0.6) is 5.75 Å². The van der Waals surface area contributed by atoms with Gasteiger partial charge in [-0.05, 0) is 44.0 Å². The molecule has 2 rings (SSSR count). The minimum atomic E-state index is -0.430. The summed E-state index contributed by atoms with van der Waals surface area (Å²) in [4.78, 5) is 29.2. The molecule has 2 aromatic rings. The largest absolute Gasteiger partial charge is 0.497 e. The number of likely N-dealkylation sites (N-methyl/N-ethyl adjacent to an activating group) is 1. The fraction of sp³-hybridized carbons (Fsp3) is 0.391. The topological polar surface area (TPSA) is 109 Å². The van der Waals surface area contributed by atoms with Gasteiger partial charge in [-0.3, -0.25) is 14.9 Å². The van der Waals surface area contributed by atoms with Crippen LogP contribution in [0.1, 0.15) is 31.9 Å². The van der Waals surface area contributed by atoms with Crippen LogP contribution in [0.15, 0.2) is 53.5 Å². The van der Waals surface area contributed by atoms with Crippen LogP contribution in [-0.4, -0.2) is 47.9 Å². The van der Waals surface area contributed by atoms with Gasteiger partial charge < -0.3 is 20.3 Å². The quantitative estimate of drug-likeness (QED) is 0.282. The first-order chi connectivity index (χ1) is 15.1. The van der Waals surface area contributed by atoms with Gasteiger partial charge in [-0.2, -0.15) is 0 Å². The second kappa shape index (κ2) is 11.1. The Morgan fingerprint density at radius 1 is 1.09 bits per heavy atom. The van der Waals surface area contributed by atoms with E-state index in [-0.39, 0.29) is 23.7 Å². The molecule has 0 saturated heterocycles. The Hall–Kier alpha value is -3.62. The number of methoxy groups -OCH3 is 1. The normalized spacial score (nSPS) is 11.6. The van der Waals surface area contributed by atoms with E-state index in [1.165, 1.54) is 12.1 Å². The molecule has 32 heavy (non-hydrogen) atoms. The van der Waals surface area contributed by atoms with Gasteiger partial charge in [-0.1, -0.05) is 24.3 Å². The number of ether oxygens (including phenoxy) is 1. The van der Waals surface area contributed by atoms with Crippen LogP contribution < -0.4 is 15.4 Å². The smallest absolute Gasteiger partial charge is 0.269 e. The van der Waals surface area contributed by atoms with Crippen molar-refractivity contribution >= 4 is 17.6 Å². The first-order valence-electron chi connectivity index (χ1n) is 10.2. The van der Waals surface area contributed by atoms with E-state index < -0.39 is 4.92 Å². The summed E-state index contributed by atoms with van der Waals surface area (Å²) in [7, 11) is 3.41. The molecular weight excluding hydrogens is 410 g/mol. The molecule has 0 aliphatic heterocycles. The lowest BCUT2D eigenvalue weighted by Gasteiger charge is -2.25. The van der Waals surface area contributed by atoms with Crippen molar-refractivity contribution in [3.05, 3.63) is 69.8 Å². The molecule has 0 saturated carbocycles. The highest BCUT2D eigenvalue weighted by molar-refractivity contribution is 5.86. The molecule has 0 aliphatic carbocycles. The molecule has 0 spiro atoms. The standard InChI is InChI=1S/C23H31N5O4/c1-23(2,3)26-21(29)16-27(4)22(25-15-18-8-12-20(32-5)13-9-18)24-14-17-6-10-19(11-7-17)28(30)31/h6-13H,14-16H2,1-5H3,(H,24,25)(H,26,29). The number of nitrogens with zero attached hydrogens (tertiary/aromatic N) is 3. The monoisotopic (exact) mass is 441 g/mol. The van der Waals surface area contributed by atoms with Crippen LogP contribution in [-0.2, 0) is 17.9 Å². The van der Waals surface area contributed by atoms with E-state index in [1.807, 2.05) is 45.0 Å². The molecule has 2 N–H and O–H groups in total. The van der Waals surface area contributed by atoms with Crippen LogP contribution >= 0.6 is 0 Å². The highest BCUT2D eigenvalue weighted by atomic mass is 16.6. The zero-order chi connectivity index (χ0) is 23.7. The molecule has 0 unspecified atom stereocenters. The molecule has 0 fully saturated rings. The van der Waals surface area contributed by atoms with E-state index in [0.29, 0.717) is 19.0 Å². The van der Waals surface area contributed by atoms with Gasteiger partial charge in [0.2, 0.25) is 5.91 Å². The summed E-state index contributed by atoms with van der Waals surface area (Å²) in [6.07, 6.45) is 0. The average molecular weight is 442 g/mol. The Labute approximate surface area is 188 Å². The molecule has 172 valence electrons. The van der Waals surface area contributed by atoms with Crippen LogP contribution in [0.4, 0.5) is 5.69 Å². The third kappa shape index (κ3) is 8.25. The molecular formula is C23H31N5O4. The van der Waals surface area contributed by atoms with Crippen molar-refractivity contribution in [3.63, 3.8) is 0 Å². The lowest BCUT2D eigenvalue weighted by molar-refractivity contribution is -0.384. The fourth-order valence-corrected chi connectivity index (χ4v) is 2.87. The predicted molar refractivity (Wildman–Crippen MR) is 125 cm³/mol. The Balaban J connectivity index is 2.12. The first-order valence-corrected chi connectivity index (χ1v) is 10.2. The summed E-state index contributed by atoms with van der Waals surface area (Å²) in [5, 5.41) is 17.0. The zero-order valence-electron chi connectivity index (χ0n) is 19.2. The molecule has 1 amide bonds. The number of carbonyl (C=O) groups excluding carboxylic acids is 1. The Morgan fingerprint density at radius 2 is 1.69 bits per heavy atom. The van der Waals surface area contributed by atoms with E-state index in [9.17, 15) is 14.9 Å². The van der Waals surface area contributed by atoms with Gasteiger partial charge in [0, 0.05) is 31.3 Å². The molecule has 0 radical (unpaired) electrons. The van der Waals surface area contributed by atoms with Crippen LogP contribution in [0.2, 0.25) is 0 Å². The second-order valence-electron chi connectivity index (χ2n) is 8.42. The molecule has 0 atom stereocenters. The van der Waals surface area contributed by atoms with Crippen molar-refractivity contribution in [2.24, 2.45) is 4.99 Å². The number of rotatable bonds is 8. The van der Waals surface area contributed by atoms with Gasteiger partial charge in [0.25, 0.3) is 5.69 Å². The Kier molecular flexibility index (Phi) is 8.57. The molecule has 9 heteroatoms. The van der Waals surface area contributed by atoms with Crippen LogP contribution in [0.3, 0.4) is 0 Å². The summed E-state index contributed by atoms with van der Waals surface area (Å²) >= 11 is 0. The number of hydrogen-bond donors (Lipinski definition) is 2. The minimum Gasteiger partial charge on any atom is -0.497 e. The number of aliphatic imine (C=N–C) groups is 1. The van der Waals surface area contributed by atoms with Gasteiger partial charge in [-0.25, -0.2) is 4.99 Å². The maximum absolute atomic E-state index is 12.4. The first kappa shape index (κ1) is 24.6. The Morgan fingerprint density at radius 3 is 2.22 bits per heavy atom. The van der Waals surface area contributed by atoms with Gasteiger partial charge in [0.1, 0.15) is 5.75 Å². The number of guanidine groups is 1. The van der Waals surface area contributed by atoms with Crippen molar-refractivity contribution in [1.29, 1.82) is 0 Å². The number of nitro groups is 1. The third-order valence-corrected chi connectivity index (χ3v) is 4.43. The minimum absolute atomic E-state index is 0.0399. The summed E-state index contributed by atoms with van der Waals surface area (Å²) in [5.41, 5.74) is 1.57. The number of amides is 1. The van der Waals surface area contributed by atoms with Crippen LogP contribution in [0, 0.1) is 10.1 Å². The lowest BCUT2D eigenvalue weighted by atomic mass is 10.1. The Bertz CT molecular complexity index is 934. The van der Waals surface area contributed by atoms with Gasteiger partial charge in [-0.15, -0.1) is 0 Å². The summed E-state index contributed by atoms with van der Waals surface area (Å²) in [5.74, 6) is 1.20. The van der Waals surface area contributed by atoms with Crippen molar-refractivity contribution in [2.75, 3.05) is 20.7 Å². The van der Waals surface area contributed by atoms with Crippen LogP contribution in [0.25, 0.3) is 0 Å². The summed E-state index contributed by atoms with van der Waals surface area (Å²) in [6.45, 7) is 6.73. The lowest BCUT2D eigenvalue weighted by Crippen LogP contribution is -2.48. The fourth-order valence-electron chi connectivity index (χ4n) is 2.87. The molecule has 0 heterocycles. The van der Waals surface area contributed by atoms with Crippen molar-refractivity contribution < 1.29 is 14.5 Å². The highest BCUT2D eigenvalue weighted by Crippen LogP contribution is 2.13. The number of benzene rings is 2. The maximum atomic E-state index is 12.4. The molecule has 9 nitrogen and oxygen atoms in total. The molecule has 0 bridgehead atoms. The van der Waals surface area contributed by atoms with Gasteiger partial charge in [0.15, 0.2) is 5.96 Å². The molecule has 2 aromatic carbocycles. The summed E-state index contributed by atoms with van der Waals surface area (Å²) in [6, 6.07) is 13.9. The van der Waals surface area contributed by atoms with E-state index in [1.54, 1.807) is 31.2 Å².